The van der Waals surface area contributed by atoms with Crippen molar-refractivity contribution >= 4 is 5.82 Å². The Kier molecular flexibility index (Phi) is 3.95. The van der Waals surface area contributed by atoms with Crippen LogP contribution in [0.5, 0.6) is 0 Å². The molecule has 0 radical (unpaired) electrons. The lowest BCUT2D eigenvalue weighted by atomic mass is 10.2. The summed E-state index contributed by atoms with van der Waals surface area (Å²) in [5.74, 6) is 0.925. The molecular weight excluding hydrogens is 224 g/mol. The van der Waals surface area contributed by atoms with Gasteiger partial charge < -0.3 is 10.0 Å². The summed E-state index contributed by atoms with van der Waals surface area (Å²) >= 11 is 0. The number of nitrogens with zero attached hydrogens (tertiary/aromatic N) is 2. The molecule has 2 aromatic rings. The highest BCUT2D eigenvalue weighted by Crippen LogP contribution is 2.15. The smallest absolute Gasteiger partial charge is 0.128 e. The number of aromatic nitrogens is 1. The number of rotatable bonds is 4. The summed E-state index contributed by atoms with van der Waals surface area (Å²) in [6.07, 6.45) is 0. The Hall–Kier alpha value is -1.87. The second-order valence-corrected chi connectivity index (χ2v) is 4.41. The van der Waals surface area contributed by atoms with Gasteiger partial charge in [0.25, 0.3) is 0 Å². The molecule has 1 heterocycles. The van der Waals surface area contributed by atoms with Crippen molar-refractivity contribution in [2.24, 2.45) is 0 Å². The molecule has 0 spiro atoms. The molecule has 1 N–H and O–H groups in total. The third-order valence-electron chi connectivity index (χ3n) is 3.00. The Morgan fingerprint density at radius 3 is 2.44 bits per heavy atom. The lowest BCUT2D eigenvalue weighted by Gasteiger charge is -2.19. The summed E-state index contributed by atoms with van der Waals surface area (Å²) in [4.78, 5) is 6.61. The molecule has 1 aromatic carbocycles. The van der Waals surface area contributed by atoms with E-state index in [-0.39, 0.29) is 6.61 Å². The highest BCUT2D eigenvalue weighted by Gasteiger charge is 2.05. The van der Waals surface area contributed by atoms with Crippen LogP contribution < -0.4 is 4.90 Å². The van der Waals surface area contributed by atoms with Crippen LogP contribution in [-0.2, 0) is 13.2 Å². The maximum atomic E-state index is 9.13. The van der Waals surface area contributed by atoms with E-state index >= 15 is 0 Å². The van der Waals surface area contributed by atoms with Crippen molar-refractivity contribution in [3.05, 3.63) is 59.3 Å². The molecule has 0 unspecified atom stereocenters. The van der Waals surface area contributed by atoms with Crippen molar-refractivity contribution in [3.63, 3.8) is 0 Å². The van der Waals surface area contributed by atoms with Crippen LogP contribution in [0.1, 0.15) is 16.8 Å². The van der Waals surface area contributed by atoms with E-state index in [9.17, 15) is 0 Å². The van der Waals surface area contributed by atoms with Crippen LogP contribution in [0.15, 0.2) is 42.5 Å². The van der Waals surface area contributed by atoms with Crippen LogP contribution in [0.2, 0.25) is 0 Å². The SMILES string of the molecule is Cc1nc(N(C)Cc2ccccc2)ccc1CO. The maximum Gasteiger partial charge on any atom is 0.128 e. The van der Waals surface area contributed by atoms with E-state index < -0.39 is 0 Å². The molecule has 0 aliphatic carbocycles. The van der Waals surface area contributed by atoms with Gasteiger partial charge in [-0.15, -0.1) is 0 Å². The van der Waals surface area contributed by atoms with Gasteiger partial charge in [0.2, 0.25) is 0 Å². The average molecular weight is 242 g/mol. The normalized spacial score (nSPS) is 10.4. The van der Waals surface area contributed by atoms with Crippen LogP contribution in [-0.4, -0.2) is 17.1 Å². The van der Waals surface area contributed by atoms with Gasteiger partial charge in [-0.25, -0.2) is 4.98 Å². The molecule has 18 heavy (non-hydrogen) atoms. The van der Waals surface area contributed by atoms with Crippen LogP contribution in [0, 0.1) is 6.92 Å². The van der Waals surface area contributed by atoms with Gasteiger partial charge in [0.15, 0.2) is 0 Å². The summed E-state index contributed by atoms with van der Waals surface area (Å²) in [6, 6.07) is 14.2. The van der Waals surface area contributed by atoms with Crippen LogP contribution in [0.25, 0.3) is 0 Å². The molecule has 0 saturated carbocycles. The minimum absolute atomic E-state index is 0.0432. The quantitative estimate of drug-likeness (QED) is 0.895. The largest absolute Gasteiger partial charge is 0.392 e. The summed E-state index contributed by atoms with van der Waals surface area (Å²) < 4.78 is 0. The van der Waals surface area contributed by atoms with E-state index in [4.69, 9.17) is 5.11 Å². The maximum absolute atomic E-state index is 9.13. The van der Waals surface area contributed by atoms with Crippen molar-refractivity contribution in [2.45, 2.75) is 20.1 Å². The zero-order valence-electron chi connectivity index (χ0n) is 10.8. The fourth-order valence-electron chi connectivity index (χ4n) is 1.89. The van der Waals surface area contributed by atoms with E-state index in [2.05, 4.69) is 22.0 Å². The highest BCUT2D eigenvalue weighted by atomic mass is 16.3. The van der Waals surface area contributed by atoms with Crippen molar-refractivity contribution < 1.29 is 5.11 Å². The summed E-state index contributed by atoms with van der Waals surface area (Å²) in [5.41, 5.74) is 3.02. The number of anilines is 1. The zero-order valence-corrected chi connectivity index (χ0v) is 10.8. The first kappa shape index (κ1) is 12.6. The summed E-state index contributed by atoms with van der Waals surface area (Å²) in [7, 11) is 2.02. The molecule has 3 heteroatoms. The van der Waals surface area contributed by atoms with E-state index in [1.807, 2.05) is 44.3 Å². The number of benzene rings is 1. The lowest BCUT2D eigenvalue weighted by molar-refractivity contribution is 0.280. The Labute approximate surface area is 108 Å². The third kappa shape index (κ3) is 2.87. The molecule has 0 fully saturated rings. The predicted molar refractivity (Wildman–Crippen MR) is 73.4 cm³/mol. The zero-order chi connectivity index (χ0) is 13.0. The van der Waals surface area contributed by atoms with Gasteiger partial charge in [0.1, 0.15) is 5.82 Å². The molecule has 0 amide bonds. The number of aliphatic hydroxyl groups excluding tert-OH is 1. The van der Waals surface area contributed by atoms with Crippen molar-refractivity contribution in [1.29, 1.82) is 0 Å². The first-order valence-corrected chi connectivity index (χ1v) is 6.03. The average Bonchev–Trinajstić information content (AvgIpc) is 2.39. The topological polar surface area (TPSA) is 36.4 Å². The fraction of sp³-hybridized carbons (Fsp3) is 0.267. The Morgan fingerprint density at radius 1 is 1.11 bits per heavy atom. The molecule has 2 rings (SSSR count). The van der Waals surface area contributed by atoms with E-state index in [1.165, 1.54) is 5.56 Å². The molecule has 0 atom stereocenters. The predicted octanol–water partition coefficient (Wildman–Crippen LogP) is 2.52. The first-order chi connectivity index (χ1) is 8.70. The highest BCUT2D eigenvalue weighted by molar-refractivity contribution is 5.41. The molecule has 94 valence electrons. The minimum atomic E-state index is 0.0432. The van der Waals surface area contributed by atoms with Gasteiger partial charge in [0, 0.05) is 19.3 Å². The molecule has 0 saturated heterocycles. The van der Waals surface area contributed by atoms with Crippen LogP contribution in [0.3, 0.4) is 0 Å². The molecule has 3 nitrogen and oxygen atoms in total. The van der Waals surface area contributed by atoms with Gasteiger partial charge >= 0.3 is 0 Å². The number of pyridine rings is 1. The van der Waals surface area contributed by atoms with Crippen molar-refractivity contribution in [2.75, 3.05) is 11.9 Å². The van der Waals surface area contributed by atoms with Crippen LogP contribution >= 0.6 is 0 Å². The first-order valence-electron chi connectivity index (χ1n) is 6.03. The third-order valence-corrected chi connectivity index (χ3v) is 3.00. The van der Waals surface area contributed by atoms with Gasteiger partial charge in [-0.1, -0.05) is 36.4 Å². The Morgan fingerprint density at radius 2 is 1.83 bits per heavy atom. The molecule has 1 aromatic heterocycles. The lowest BCUT2D eigenvalue weighted by Crippen LogP contribution is -2.18. The van der Waals surface area contributed by atoms with Gasteiger partial charge in [-0.2, -0.15) is 0 Å². The number of aliphatic hydroxyl groups is 1. The Balaban J connectivity index is 2.14. The van der Waals surface area contributed by atoms with Gasteiger partial charge in [0.05, 0.1) is 6.61 Å². The van der Waals surface area contributed by atoms with E-state index in [0.29, 0.717) is 0 Å². The van der Waals surface area contributed by atoms with Gasteiger partial charge in [-0.3, -0.25) is 0 Å². The van der Waals surface area contributed by atoms with Crippen molar-refractivity contribution in [1.82, 2.24) is 4.98 Å². The van der Waals surface area contributed by atoms with E-state index in [0.717, 1.165) is 23.6 Å². The summed E-state index contributed by atoms with van der Waals surface area (Å²) in [6.45, 7) is 2.79. The fourth-order valence-corrected chi connectivity index (χ4v) is 1.89. The monoisotopic (exact) mass is 242 g/mol. The van der Waals surface area contributed by atoms with Crippen molar-refractivity contribution in [3.8, 4) is 0 Å². The molecule has 0 aliphatic rings. The summed E-state index contributed by atoms with van der Waals surface area (Å²) in [5, 5.41) is 9.13. The Bertz CT molecular complexity index is 511. The van der Waals surface area contributed by atoms with Crippen LogP contribution in [0.4, 0.5) is 5.82 Å². The minimum Gasteiger partial charge on any atom is -0.392 e. The second-order valence-electron chi connectivity index (χ2n) is 4.41. The molecular formula is C15H18N2O. The second kappa shape index (κ2) is 5.65. The van der Waals surface area contributed by atoms with E-state index in [1.54, 1.807) is 0 Å². The molecule has 0 aliphatic heterocycles. The number of hydrogen-bond acceptors (Lipinski definition) is 3. The number of aryl methyl sites for hydroxylation is 1. The van der Waals surface area contributed by atoms with Gasteiger partial charge in [-0.05, 0) is 24.1 Å². The standard InChI is InChI=1S/C15H18N2O/c1-12-14(11-18)8-9-15(16-12)17(2)10-13-6-4-3-5-7-13/h3-9,18H,10-11H2,1-2H3. The molecule has 0 bridgehead atoms. The number of hydrogen-bond donors (Lipinski definition) is 1.